The van der Waals surface area contributed by atoms with Gasteiger partial charge in [-0.1, -0.05) is 6.92 Å². The molecule has 0 spiro atoms. The summed E-state index contributed by atoms with van der Waals surface area (Å²) in [5, 5.41) is 0. The number of hydrogen-bond donors (Lipinski definition) is 1. The molecule has 3 atom stereocenters. The van der Waals surface area contributed by atoms with Crippen molar-refractivity contribution in [3.05, 3.63) is 11.8 Å². The van der Waals surface area contributed by atoms with Crippen molar-refractivity contribution in [2.75, 3.05) is 6.61 Å². The Balaban J connectivity index is 1.91. The maximum atomic E-state index is 10.9. The number of amides is 1. The molecule has 13 heavy (non-hydrogen) atoms. The van der Waals surface area contributed by atoms with Crippen LogP contribution >= 0.6 is 0 Å². The number of hydrogen-bond acceptors (Lipinski definition) is 2. The van der Waals surface area contributed by atoms with Crippen molar-refractivity contribution in [2.24, 2.45) is 23.5 Å². The van der Waals surface area contributed by atoms with E-state index in [2.05, 4.69) is 0 Å². The minimum Gasteiger partial charge on any atom is -0.501 e. The highest BCUT2D eigenvalue weighted by atomic mass is 16.5. The third kappa shape index (κ3) is 1.55. The fraction of sp³-hybridized carbons (Fsp3) is 0.700. The SMILES string of the molecule is CC(C(N)=O)C1CC1C1=COCC1. The molecule has 1 aliphatic carbocycles. The van der Waals surface area contributed by atoms with Gasteiger partial charge in [0.2, 0.25) is 5.91 Å². The lowest BCUT2D eigenvalue weighted by atomic mass is 10.0. The van der Waals surface area contributed by atoms with E-state index >= 15 is 0 Å². The largest absolute Gasteiger partial charge is 0.501 e. The zero-order chi connectivity index (χ0) is 9.42. The summed E-state index contributed by atoms with van der Waals surface area (Å²) in [4.78, 5) is 10.9. The first-order valence-corrected chi connectivity index (χ1v) is 4.80. The lowest BCUT2D eigenvalue weighted by Gasteiger charge is -2.05. The summed E-state index contributed by atoms with van der Waals surface area (Å²) in [6.07, 6.45) is 4.00. The Morgan fingerprint density at radius 2 is 2.54 bits per heavy atom. The topological polar surface area (TPSA) is 52.3 Å². The Bertz CT molecular complexity index is 260. The van der Waals surface area contributed by atoms with Gasteiger partial charge in [0.15, 0.2) is 0 Å². The number of nitrogens with two attached hydrogens (primary N) is 1. The molecule has 2 N–H and O–H groups in total. The number of rotatable bonds is 3. The lowest BCUT2D eigenvalue weighted by molar-refractivity contribution is -0.121. The van der Waals surface area contributed by atoms with Gasteiger partial charge in [-0.15, -0.1) is 0 Å². The quantitative estimate of drug-likeness (QED) is 0.707. The number of carbonyl (C=O) groups excluding carboxylic acids is 1. The van der Waals surface area contributed by atoms with Gasteiger partial charge in [0, 0.05) is 12.3 Å². The van der Waals surface area contributed by atoms with Crippen molar-refractivity contribution in [2.45, 2.75) is 19.8 Å². The Kier molecular flexibility index (Phi) is 2.02. The molecule has 3 nitrogen and oxygen atoms in total. The summed E-state index contributed by atoms with van der Waals surface area (Å²) in [7, 11) is 0. The molecule has 1 saturated carbocycles. The molecule has 2 rings (SSSR count). The molecule has 3 heteroatoms. The van der Waals surface area contributed by atoms with Crippen molar-refractivity contribution < 1.29 is 9.53 Å². The minimum absolute atomic E-state index is 0.0199. The molecule has 0 aromatic rings. The third-order valence-electron chi connectivity index (χ3n) is 3.15. The summed E-state index contributed by atoms with van der Waals surface area (Å²) >= 11 is 0. The highest BCUT2D eigenvalue weighted by Gasteiger charge is 2.45. The van der Waals surface area contributed by atoms with Crippen molar-refractivity contribution in [3.8, 4) is 0 Å². The first kappa shape index (κ1) is 8.60. The molecule has 3 unspecified atom stereocenters. The normalized spacial score (nSPS) is 33.5. The van der Waals surface area contributed by atoms with Gasteiger partial charge in [-0.2, -0.15) is 0 Å². The average Bonchev–Trinajstić information content (AvgIpc) is 2.71. The van der Waals surface area contributed by atoms with Crippen LogP contribution in [-0.4, -0.2) is 12.5 Å². The minimum atomic E-state index is -0.174. The fourth-order valence-electron chi connectivity index (χ4n) is 2.08. The Labute approximate surface area is 77.9 Å². The van der Waals surface area contributed by atoms with Crippen LogP contribution < -0.4 is 5.73 Å². The van der Waals surface area contributed by atoms with Gasteiger partial charge in [0.25, 0.3) is 0 Å². The lowest BCUT2D eigenvalue weighted by Crippen LogP contribution is -2.22. The van der Waals surface area contributed by atoms with Crippen LogP contribution in [0.2, 0.25) is 0 Å². The molecule has 1 fully saturated rings. The van der Waals surface area contributed by atoms with Gasteiger partial charge >= 0.3 is 0 Å². The smallest absolute Gasteiger partial charge is 0.220 e. The van der Waals surface area contributed by atoms with Crippen molar-refractivity contribution in [1.82, 2.24) is 0 Å². The second kappa shape index (κ2) is 3.05. The third-order valence-corrected chi connectivity index (χ3v) is 3.15. The van der Waals surface area contributed by atoms with Gasteiger partial charge in [-0.05, 0) is 23.8 Å². The summed E-state index contributed by atoms with van der Waals surface area (Å²) < 4.78 is 5.17. The van der Waals surface area contributed by atoms with Crippen LogP contribution in [0.1, 0.15) is 19.8 Å². The Morgan fingerprint density at radius 1 is 1.77 bits per heavy atom. The van der Waals surface area contributed by atoms with E-state index in [1.807, 2.05) is 13.2 Å². The molecule has 1 amide bonds. The monoisotopic (exact) mass is 181 g/mol. The molecule has 0 saturated heterocycles. The molecule has 1 aliphatic heterocycles. The van der Waals surface area contributed by atoms with Crippen LogP contribution in [0.3, 0.4) is 0 Å². The summed E-state index contributed by atoms with van der Waals surface area (Å²) in [6.45, 7) is 2.73. The van der Waals surface area contributed by atoms with Gasteiger partial charge in [0.1, 0.15) is 0 Å². The average molecular weight is 181 g/mol. The zero-order valence-corrected chi connectivity index (χ0v) is 7.82. The second-order valence-electron chi connectivity index (χ2n) is 4.01. The predicted molar refractivity (Wildman–Crippen MR) is 48.6 cm³/mol. The second-order valence-corrected chi connectivity index (χ2v) is 4.01. The van der Waals surface area contributed by atoms with Crippen molar-refractivity contribution in [1.29, 1.82) is 0 Å². The van der Waals surface area contributed by atoms with Gasteiger partial charge in [-0.25, -0.2) is 0 Å². The molecule has 72 valence electrons. The molecule has 0 bridgehead atoms. The Hall–Kier alpha value is -0.990. The van der Waals surface area contributed by atoms with E-state index in [4.69, 9.17) is 10.5 Å². The highest BCUT2D eigenvalue weighted by Crippen LogP contribution is 2.50. The van der Waals surface area contributed by atoms with E-state index in [1.54, 1.807) is 0 Å². The van der Waals surface area contributed by atoms with E-state index in [0.29, 0.717) is 11.8 Å². The summed E-state index contributed by atoms with van der Waals surface area (Å²) in [5.74, 6) is 0.897. The van der Waals surface area contributed by atoms with Crippen LogP contribution in [0.4, 0.5) is 0 Å². The van der Waals surface area contributed by atoms with Crippen molar-refractivity contribution in [3.63, 3.8) is 0 Å². The molecule has 1 heterocycles. The molecular weight excluding hydrogens is 166 g/mol. The van der Waals surface area contributed by atoms with E-state index in [1.165, 1.54) is 5.57 Å². The van der Waals surface area contributed by atoms with E-state index in [9.17, 15) is 4.79 Å². The van der Waals surface area contributed by atoms with Crippen molar-refractivity contribution >= 4 is 5.91 Å². The van der Waals surface area contributed by atoms with Crippen LogP contribution in [0.15, 0.2) is 11.8 Å². The van der Waals surface area contributed by atoms with E-state index < -0.39 is 0 Å². The van der Waals surface area contributed by atoms with Gasteiger partial charge in [0.05, 0.1) is 12.9 Å². The number of ether oxygens (including phenoxy) is 1. The van der Waals surface area contributed by atoms with E-state index in [0.717, 1.165) is 19.4 Å². The van der Waals surface area contributed by atoms with Crippen LogP contribution in [-0.2, 0) is 9.53 Å². The first-order valence-electron chi connectivity index (χ1n) is 4.80. The molecule has 0 aromatic heterocycles. The van der Waals surface area contributed by atoms with Gasteiger partial charge in [-0.3, -0.25) is 4.79 Å². The number of carbonyl (C=O) groups is 1. The molecule has 2 aliphatic rings. The van der Waals surface area contributed by atoms with E-state index in [-0.39, 0.29) is 11.8 Å². The highest BCUT2D eigenvalue weighted by molar-refractivity contribution is 5.77. The predicted octanol–water partition coefficient (Wildman–Crippen LogP) is 1.05. The Morgan fingerprint density at radius 3 is 3.08 bits per heavy atom. The van der Waals surface area contributed by atoms with Crippen LogP contribution in [0.25, 0.3) is 0 Å². The standard InChI is InChI=1S/C10H15NO2/c1-6(10(11)12)8-4-9(8)7-2-3-13-5-7/h5-6,8-9H,2-4H2,1H3,(H2,11,12). The number of primary amides is 1. The van der Waals surface area contributed by atoms with Crippen LogP contribution in [0, 0.1) is 17.8 Å². The van der Waals surface area contributed by atoms with Gasteiger partial charge < -0.3 is 10.5 Å². The van der Waals surface area contributed by atoms with Crippen LogP contribution in [0.5, 0.6) is 0 Å². The fourth-order valence-corrected chi connectivity index (χ4v) is 2.08. The summed E-state index contributed by atoms with van der Waals surface area (Å²) in [6, 6.07) is 0. The zero-order valence-electron chi connectivity index (χ0n) is 7.82. The first-order chi connectivity index (χ1) is 6.20. The molecule has 0 radical (unpaired) electrons. The molecular formula is C10H15NO2. The molecule has 0 aromatic carbocycles. The maximum Gasteiger partial charge on any atom is 0.220 e. The maximum absolute atomic E-state index is 10.9. The summed E-state index contributed by atoms with van der Waals surface area (Å²) in [5.41, 5.74) is 6.62.